The highest BCUT2D eigenvalue weighted by Crippen LogP contribution is 2.34. The van der Waals surface area contributed by atoms with Crippen molar-refractivity contribution in [1.82, 2.24) is 4.98 Å². The Bertz CT molecular complexity index is 895. The maximum Gasteiger partial charge on any atom is 0.264 e. The molecule has 5 nitrogen and oxygen atoms in total. The monoisotopic (exact) mass is 362 g/mol. The predicted molar refractivity (Wildman–Crippen MR) is 96.5 cm³/mol. The molecule has 0 aliphatic heterocycles. The first-order valence-corrected chi connectivity index (χ1v) is 8.38. The predicted octanol–water partition coefficient (Wildman–Crippen LogP) is 4.28. The van der Waals surface area contributed by atoms with Gasteiger partial charge in [-0.1, -0.05) is 41.1 Å². The zero-order chi connectivity index (χ0) is 17.1. The number of fused-ring (bicyclic) bond motifs is 1. The number of rotatable bonds is 5. The Labute approximate surface area is 148 Å². The number of carbonyl (C=O) groups excluding carboxylic acids is 1. The topological polar surface area (TPSA) is 60.5 Å². The van der Waals surface area contributed by atoms with E-state index in [1.165, 1.54) is 11.3 Å². The molecule has 124 valence electrons. The van der Waals surface area contributed by atoms with Crippen LogP contribution in [0.4, 0.5) is 5.13 Å². The van der Waals surface area contributed by atoms with E-state index in [9.17, 15) is 4.79 Å². The third kappa shape index (κ3) is 3.60. The summed E-state index contributed by atoms with van der Waals surface area (Å²) in [4.78, 5) is 16.4. The number of para-hydroxylation sites is 1. The van der Waals surface area contributed by atoms with Crippen LogP contribution < -0.4 is 14.8 Å². The van der Waals surface area contributed by atoms with Crippen molar-refractivity contribution in [3.63, 3.8) is 0 Å². The zero-order valence-electron chi connectivity index (χ0n) is 13.1. The van der Waals surface area contributed by atoms with E-state index < -0.39 is 0 Å². The molecule has 1 N–H and O–H groups in total. The van der Waals surface area contributed by atoms with Crippen molar-refractivity contribution in [2.75, 3.05) is 19.0 Å². The number of nitrogens with zero attached hydrogens (tertiary/aromatic N) is 1. The van der Waals surface area contributed by atoms with Gasteiger partial charge >= 0.3 is 0 Å². The first-order valence-electron chi connectivity index (χ1n) is 7.19. The molecule has 0 saturated heterocycles. The maximum atomic E-state index is 12.0. The van der Waals surface area contributed by atoms with Crippen molar-refractivity contribution in [3.8, 4) is 11.5 Å². The van der Waals surface area contributed by atoms with E-state index in [4.69, 9.17) is 21.1 Å². The first-order chi connectivity index (χ1) is 11.6. The van der Waals surface area contributed by atoms with Crippen molar-refractivity contribution in [2.45, 2.75) is 6.92 Å². The van der Waals surface area contributed by atoms with Gasteiger partial charge in [-0.25, -0.2) is 4.98 Å². The minimum Gasteiger partial charge on any atom is -0.495 e. The highest BCUT2D eigenvalue weighted by Gasteiger charge is 2.12. The van der Waals surface area contributed by atoms with Crippen LogP contribution in [0.5, 0.6) is 11.5 Å². The Morgan fingerprint density at radius 3 is 2.83 bits per heavy atom. The van der Waals surface area contributed by atoms with Gasteiger partial charge in [0.1, 0.15) is 11.5 Å². The lowest BCUT2D eigenvalue weighted by molar-refractivity contribution is -0.118. The number of hydrogen-bond donors (Lipinski definition) is 1. The van der Waals surface area contributed by atoms with Crippen LogP contribution in [-0.2, 0) is 4.79 Å². The highest BCUT2D eigenvalue weighted by atomic mass is 35.5. The van der Waals surface area contributed by atoms with Gasteiger partial charge in [-0.15, -0.1) is 0 Å². The number of amides is 1. The number of ether oxygens (including phenoxy) is 2. The Morgan fingerprint density at radius 2 is 2.08 bits per heavy atom. The minimum absolute atomic E-state index is 0.0785. The van der Waals surface area contributed by atoms with Gasteiger partial charge in [0.2, 0.25) is 0 Å². The second-order valence-electron chi connectivity index (χ2n) is 5.08. The lowest BCUT2D eigenvalue weighted by Gasteiger charge is -2.07. The van der Waals surface area contributed by atoms with Gasteiger partial charge < -0.3 is 9.47 Å². The molecule has 0 radical (unpaired) electrons. The summed E-state index contributed by atoms with van der Waals surface area (Å²) < 4.78 is 11.6. The first kappa shape index (κ1) is 16.5. The summed E-state index contributed by atoms with van der Waals surface area (Å²) in [5.41, 5.74) is 1.69. The average molecular weight is 363 g/mol. The van der Waals surface area contributed by atoms with Crippen LogP contribution in [0, 0.1) is 6.92 Å². The smallest absolute Gasteiger partial charge is 0.264 e. The van der Waals surface area contributed by atoms with E-state index in [2.05, 4.69) is 10.3 Å². The molecule has 0 fully saturated rings. The molecule has 0 aliphatic rings. The van der Waals surface area contributed by atoms with E-state index in [-0.39, 0.29) is 12.5 Å². The molecule has 0 saturated carbocycles. The second kappa shape index (κ2) is 7.07. The van der Waals surface area contributed by atoms with Crippen LogP contribution in [0.25, 0.3) is 10.2 Å². The molecule has 0 unspecified atom stereocenters. The standard InChI is InChI=1S/C17H15ClN2O3S/c1-10-5-3-4-6-13(10)23-9-16(21)20-17-19-12-7-11(18)14(22-2)8-15(12)24-17/h3-8H,9H2,1-2H3,(H,19,20,21). The molecule has 3 rings (SSSR count). The quantitative estimate of drug-likeness (QED) is 0.735. The summed E-state index contributed by atoms with van der Waals surface area (Å²) in [5.74, 6) is 0.998. The number of nitrogens with one attached hydrogen (secondary N) is 1. The van der Waals surface area contributed by atoms with Gasteiger partial charge in [0.25, 0.3) is 5.91 Å². The van der Waals surface area contributed by atoms with Gasteiger partial charge in [0, 0.05) is 6.07 Å². The van der Waals surface area contributed by atoms with Gasteiger partial charge in [0.15, 0.2) is 11.7 Å². The molecule has 0 aliphatic carbocycles. The van der Waals surface area contributed by atoms with Crippen molar-refractivity contribution in [2.24, 2.45) is 0 Å². The van der Waals surface area contributed by atoms with Crippen molar-refractivity contribution >= 4 is 44.2 Å². The number of methoxy groups -OCH3 is 1. The number of hydrogen-bond acceptors (Lipinski definition) is 5. The van der Waals surface area contributed by atoms with E-state index in [1.54, 1.807) is 19.2 Å². The Morgan fingerprint density at radius 1 is 1.29 bits per heavy atom. The minimum atomic E-state index is -0.268. The third-order valence-electron chi connectivity index (χ3n) is 3.36. The molecule has 24 heavy (non-hydrogen) atoms. The fraction of sp³-hybridized carbons (Fsp3) is 0.176. The SMILES string of the molecule is COc1cc2sc(NC(=O)COc3ccccc3C)nc2cc1Cl. The van der Waals surface area contributed by atoms with Crippen molar-refractivity contribution < 1.29 is 14.3 Å². The maximum absolute atomic E-state index is 12.0. The van der Waals surface area contributed by atoms with Crippen LogP contribution in [0.2, 0.25) is 5.02 Å². The number of benzene rings is 2. The highest BCUT2D eigenvalue weighted by molar-refractivity contribution is 7.22. The average Bonchev–Trinajstić information content (AvgIpc) is 2.94. The summed E-state index contributed by atoms with van der Waals surface area (Å²) in [7, 11) is 1.56. The number of carbonyl (C=O) groups is 1. The molecule has 1 heterocycles. The number of anilines is 1. The Hall–Kier alpha value is -2.31. The molecule has 0 bridgehead atoms. The molecule has 1 aromatic heterocycles. The summed E-state index contributed by atoms with van der Waals surface area (Å²) in [6, 6.07) is 11.1. The number of aryl methyl sites for hydroxylation is 1. The van der Waals surface area contributed by atoms with E-state index in [1.807, 2.05) is 31.2 Å². The van der Waals surface area contributed by atoms with Crippen LogP contribution >= 0.6 is 22.9 Å². The fourth-order valence-corrected chi connectivity index (χ4v) is 3.28. The van der Waals surface area contributed by atoms with Crippen LogP contribution in [-0.4, -0.2) is 24.6 Å². The fourth-order valence-electron chi connectivity index (χ4n) is 2.16. The van der Waals surface area contributed by atoms with E-state index >= 15 is 0 Å². The normalized spacial score (nSPS) is 10.6. The van der Waals surface area contributed by atoms with E-state index in [0.29, 0.717) is 27.2 Å². The van der Waals surface area contributed by atoms with Crippen molar-refractivity contribution in [1.29, 1.82) is 0 Å². The number of thiazole rings is 1. The van der Waals surface area contributed by atoms with Crippen molar-refractivity contribution in [3.05, 3.63) is 47.0 Å². The largest absolute Gasteiger partial charge is 0.495 e. The molecule has 2 aromatic carbocycles. The molecular formula is C17H15ClN2O3S. The van der Waals surface area contributed by atoms with Gasteiger partial charge in [-0.2, -0.15) is 0 Å². The molecule has 3 aromatic rings. The second-order valence-corrected chi connectivity index (χ2v) is 6.51. The van der Waals surface area contributed by atoms with Gasteiger partial charge in [-0.05, 0) is 24.6 Å². The van der Waals surface area contributed by atoms with Crippen LogP contribution in [0.3, 0.4) is 0 Å². The summed E-state index contributed by atoms with van der Waals surface area (Å²) in [6.45, 7) is 1.85. The number of aromatic nitrogens is 1. The van der Waals surface area contributed by atoms with E-state index in [0.717, 1.165) is 10.3 Å². The zero-order valence-corrected chi connectivity index (χ0v) is 14.7. The Kier molecular flexibility index (Phi) is 4.87. The number of halogens is 1. The lowest BCUT2D eigenvalue weighted by atomic mass is 10.2. The summed E-state index contributed by atoms with van der Waals surface area (Å²) in [5, 5.41) is 3.71. The van der Waals surface area contributed by atoms with Gasteiger partial charge in [-0.3, -0.25) is 10.1 Å². The molecule has 0 spiro atoms. The van der Waals surface area contributed by atoms with Gasteiger partial charge in [0.05, 0.1) is 22.3 Å². The third-order valence-corrected chi connectivity index (χ3v) is 4.59. The lowest BCUT2D eigenvalue weighted by Crippen LogP contribution is -2.20. The van der Waals surface area contributed by atoms with Crippen LogP contribution in [0.15, 0.2) is 36.4 Å². The molecule has 0 atom stereocenters. The molecule has 1 amide bonds. The Balaban J connectivity index is 1.68. The van der Waals surface area contributed by atoms with Crippen LogP contribution in [0.1, 0.15) is 5.56 Å². The molecule has 7 heteroatoms. The molecular weight excluding hydrogens is 348 g/mol. The summed E-state index contributed by atoms with van der Waals surface area (Å²) >= 11 is 7.43. The summed E-state index contributed by atoms with van der Waals surface area (Å²) in [6.07, 6.45) is 0.